The quantitative estimate of drug-likeness (QED) is 0.206. The van der Waals surface area contributed by atoms with Gasteiger partial charge in [0.25, 0.3) is 5.91 Å². The third-order valence-corrected chi connectivity index (χ3v) is 8.15. The van der Waals surface area contributed by atoms with E-state index in [1.54, 1.807) is 24.6 Å². The summed E-state index contributed by atoms with van der Waals surface area (Å²) in [6, 6.07) is 15.5. The standard InChI is InChI=1S/C31H33N5O3S/c1-4-36(14-15-37)13-7-9-22-18-33-30(32)28-23(19-40-29(22)28)20-11-12-24(27(17-20)39-3)34-31(38)26-16-21-8-5-6-10-25(21)35(26)2/h5-12,16-19,37H,4,13-15H2,1-3H3,(H2,32,33)(H,34,38)/b9-7+. The van der Waals surface area contributed by atoms with Crippen LogP contribution in [0.1, 0.15) is 23.0 Å². The Bertz CT molecular complexity index is 1700. The van der Waals surface area contributed by atoms with E-state index in [1.165, 1.54) is 0 Å². The average Bonchev–Trinajstić information content (AvgIpc) is 3.57. The lowest BCUT2D eigenvalue weighted by Crippen LogP contribution is -2.26. The Kier molecular flexibility index (Phi) is 8.16. The number of nitrogens with zero attached hydrogens (tertiary/aromatic N) is 3. The number of likely N-dealkylation sites (N-methyl/N-ethyl adjacent to an activating group) is 1. The topological polar surface area (TPSA) is 106 Å². The first kappa shape index (κ1) is 27.4. The summed E-state index contributed by atoms with van der Waals surface area (Å²) in [5.41, 5.74) is 11.4. The van der Waals surface area contributed by atoms with E-state index in [2.05, 4.69) is 39.7 Å². The number of anilines is 2. The van der Waals surface area contributed by atoms with E-state index in [4.69, 9.17) is 10.5 Å². The summed E-state index contributed by atoms with van der Waals surface area (Å²) in [6.07, 6.45) is 5.94. The fourth-order valence-corrected chi connectivity index (χ4v) is 6.00. The molecule has 0 spiro atoms. The lowest BCUT2D eigenvalue weighted by molar-refractivity contribution is 0.101. The summed E-state index contributed by atoms with van der Waals surface area (Å²) in [6.45, 7) is 4.46. The second-order valence-corrected chi connectivity index (χ2v) is 10.4. The number of nitrogens with two attached hydrogens (primary N) is 1. The predicted octanol–water partition coefficient (Wildman–Crippen LogP) is 5.63. The number of aromatic nitrogens is 2. The number of amides is 1. The van der Waals surface area contributed by atoms with E-state index < -0.39 is 0 Å². The predicted molar refractivity (Wildman–Crippen MR) is 165 cm³/mol. The molecule has 0 fully saturated rings. The van der Waals surface area contributed by atoms with E-state index in [9.17, 15) is 9.90 Å². The largest absolute Gasteiger partial charge is 0.495 e. The number of hydrogen-bond acceptors (Lipinski definition) is 7. The van der Waals surface area contributed by atoms with Crippen molar-refractivity contribution in [1.29, 1.82) is 0 Å². The molecule has 0 unspecified atom stereocenters. The molecule has 0 aliphatic heterocycles. The summed E-state index contributed by atoms with van der Waals surface area (Å²) in [4.78, 5) is 19.8. The molecule has 5 rings (SSSR count). The van der Waals surface area contributed by atoms with Crippen LogP contribution in [0, 0.1) is 0 Å². The van der Waals surface area contributed by atoms with Crippen LogP contribution in [0.2, 0.25) is 0 Å². The average molecular weight is 556 g/mol. The highest BCUT2D eigenvalue weighted by atomic mass is 32.1. The smallest absolute Gasteiger partial charge is 0.272 e. The SMILES string of the molecule is CCN(C/C=C/c1cnc(N)c2c(-c3ccc(NC(=O)c4cc5ccccc5n4C)c(OC)c3)csc12)CCO. The second-order valence-electron chi connectivity index (χ2n) is 9.49. The number of nitrogens with one attached hydrogen (secondary N) is 1. The van der Waals surface area contributed by atoms with Gasteiger partial charge in [-0.2, -0.15) is 0 Å². The van der Waals surface area contributed by atoms with Gasteiger partial charge in [-0.05, 0) is 41.8 Å². The molecule has 5 aromatic rings. The normalized spacial score (nSPS) is 11.7. The fraction of sp³-hybridized carbons (Fsp3) is 0.226. The van der Waals surface area contributed by atoms with Crippen LogP contribution in [0.4, 0.5) is 11.5 Å². The number of aliphatic hydroxyl groups is 1. The van der Waals surface area contributed by atoms with Crippen LogP contribution in [-0.4, -0.2) is 58.8 Å². The molecular formula is C31H33N5O3S. The molecule has 2 aromatic carbocycles. The van der Waals surface area contributed by atoms with E-state index in [-0.39, 0.29) is 12.5 Å². The Hall–Kier alpha value is -4.18. The minimum atomic E-state index is -0.212. The van der Waals surface area contributed by atoms with E-state index in [0.29, 0.717) is 29.5 Å². The van der Waals surface area contributed by atoms with Crippen molar-refractivity contribution in [1.82, 2.24) is 14.5 Å². The van der Waals surface area contributed by atoms with Crippen molar-refractivity contribution in [3.63, 3.8) is 0 Å². The molecule has 206 valence electrons. The molecule has 0 bridgehead atoms. The van der Waals surface area contributed by atoms with Crippen molar-refractivity contribution >= 4 is 55.8 Å². The first-order valence-corrected chi connectivity index (χ1v) is 14.0. The van der Waals surface area contributed by atoms with Crippen LogP contribution in [0.25, 0.3) is 38.2 Å². The number of aliphatic hydroxyl groups excluding tert-OH is 1. The number of methoxy groups -OCH3 is 1. The highest BCUT2D eigenvalue weighted by Crippen LogP contribution is 2.41. The van der Waals surface area contributed by atoms with Gasteiger partial charge in [0.05, 0.1) is 19.4 Å². The van der Waals surface area contributed by atoms with Crippen LogP contribution in [0.3, 0.4) is 0 Å². The number of nitrogen functional groups attached to an aromatic ring is 1. The summed E-state index contributed by atoms with van der Waals surface area (Å²) in [5, 5.41) is 16.2. The van der Waals surface area contributed by atoms with Crippen LogP contribution < -0.4 is 15.8 Å². The molecule has 40 heavy (non-hydrogen) atoms. The molecule has 9 heteroatoms. The van der Waals surface area contributed by atoms with Crippen molar-refractivity contribution in [3.8, 4) is 16.9 Å². The number of pyridine rings is 1. The van der Waals surface area contributed by atoms with Gasteiger partial charge in [-0.15, -0.1) is 11.3 Å². The van der Waals surface area contributed by atoms with Gasteiger partial charge in [0, 0.05) is 58.5 Å². The molecule has 8 nitrogen and oxygen atoms in total. The molecule has 0 radical (unpaired) electrons. The van der Waals surface area contributed by atoms with Gasteiger partial charge < -0.3 is 25.5 Å². The number of para-hydroxylation sites is 1. The molecule has 0 aliphatic carbocycles. The second kappa shape index (κ2) is 11.9. The molecule has 0 saturated heterocycles. The van der Waals surface area contributed by atoms with Crippen LogP contribution in [-0.2, 0) is 7.05 Å². The summed E-state index contributed by atoms with van der Waals surface area (Å²) in [7, 11) is 3.47. The number of ether oxygens (including phenoxy) is 1. The molecule has 1 amide bonds. The molecule has 3 heterocycles. The minimum Gasteiger partial charge on any atom is -0.495 e. The minimum absolute atomic E-state index is 0.138. The van der Waals surface area contributed by atoms with Gasteiger partial charge in [-0.25, -0.2) is 4.98 Å². The number of fused-ring (bicyclic) bond motifs is 2. The summed E-state index contributed by atoms with van der Waals surface area (Å²) >= 11 is 1.62. The maximum Gasteiger partial charge on any atom is 0.272 e. The number of carbonyl (C=O) groups is 1. The van der Waals surface area contributed by atoms with Gasteiger partial charge in [0.2, 0.25) is 0 Å². The Morgan fingerprint density at radius 3 is 2.83 bits per heavy atom. The number of thiophene rings is 1. The Morgan fingerprint density at radius 2 is 2.08 bits per heavy atom. The van der Waals surface area contributed by atoms with Crippen molar-refractivity contribution < 1.29 is 14.6 Å². The lowest BCUT2D eigenvalue weighted by atomic mass is 10.0. The van der Waals surface area contributed by atoms with E-state index in [0.717, 1.165) is 50.8 Å². The zero-order chi connectivity index (χ0) is 28.2. The van der Waals surface area contributed by atoms with Gasteiger partial charge in [-0.1, -0.05) is 43.3 Å². The molecular weight excluding hydrogens is 522 g/mol. The van der Waals surface area contributed by atoms with Gasteiger partial charge in [-0.3, -0.25) is 9.69 Å². The lowest BCUT2D eigenvalue weighted by Gasteiger charge is -2.16. The third kappa shape index (κ3) is 5.31. The molecule has 0 aliphatic rings. The zero-order valence-electron chi connectivity index (χ0n) is 22.8. The number of rotatable bonds is 10. The summed E-state index contributed by atoms with van der Waals surface area (Å²) < 4.78 is 8.62. The summed E-state index contributed by atoms with van der Waals surface area (Å²) in [5.74, 6) is 0.803. The van der Waals surface area contributed by atoms with Crippen molar-refractivity contribution in [3.05, 3.63) is 77.4 Å². The van der Waals surface area contributed by atoms with E-state index >= 15 is 0 Å². The van der Waals surface area contributed by atoms with Gasteiger partial charge in [0.15, 0.2) is 0 Å². The highest BCUT2D eigenvalue weighted by molar-refractivity contribution is 7.18. The fourth-order valence-electron chi connectivity index (χ4n) is 4.92. The van der Waals surface area contributed by atoms with Gasteiger partial charge in [0.1, 0.15) is 17.3 Å². The number of carbonyl (C=O) groups excluding carboxylic acids is 1. The first-order chi connectivity index (χ1) is 19.4. The van der Waals surface area contributed by atoms with E-state index in [1.807, 2.05) is 60.1 Å². The molecule has 4 N–H and O–H groups in total. The van der Waals surface area contributed by atoms with Crippen molar-refractivity contribution in [2.24, 2.45) is 7.05 Å². The maximum absolute atomic E-state index is 13.2. The molecule has 3 aromatic heterocycles. The van der Waals surface area contributed by atoms with Crippen molar-refractivity contribution in [2.75, 3.05) is 44.4 Å². The molecule has 0 saturated carbocycles. The Balaban J connectivity index is 1.43. The van der Waals surface area contributed by atoms with Crippen molar-refractivity contribution in [2.45, 2.75) is 6.92 Å². The van der Waals surface area contributed by atoms with Gasteiger partial charge >= 0.3 is 0 Å². The number of aryl methyl sites for hydroxylation is 1. The Morgan fingerprint density at radius 1 is 1.25 bits per heavy atom. The highest BCUT2D eigenvalue weighted by Gasteiger charge is 2.18. The number of hydrogen-bond donors (Lipinski definition) is 3. The Labute approximate surface area is 237 Å². The van der Waals surface area contributed by atoms with Crippen LogP contribution in [0.5, 0.6) is 5.75 Å². The van der Waals surface area contributed by atoms with Crippen LogP contribution >= 0.6 is 11.3 Å². The maximum atomic E-state index is 13.2. The first-order valence-electron chi connectivity index (χ1n) is 13.1. The zero-order valence-corrected chi connectivity index (χ0v) is 23.7. The number of benzene rings is 2. The molecule has 0 atom stereocenters. The van der Waals surface area contributed by atoms with Crippen LogP contribution in [0.15, 0.2) is 66.2 Å². The third-order valence-electron chi connectivity index (χ3n) is 7.12. The monoisotopic (exact) mass is 555 g/mol.